The van der Waals surface area contributed by atoms with Crippen molar-refractivity contribution in [2.45, 2.75) is 213 Å². The second-order valence-corrected chi connectivity index (χ2v) is 26.0. The van der Waals surface area contributed by atoms with Gasteiger partial charge >= 0.3 is 0 Å². The largest absolute Gasteiger partial charge is 0.400 e. The number of likely N-dealkylation sites (N-methyl/N-ethyl adjacent to an activating group) is 1. The molecule has 0 amide bonds. The van der Waals surface area contributed by atoms with Gasteiger partial charge in [-0.05, 0) is 162 Å². The Labute approximate surface area is 553 Å². The van der Waals surface area contributed by atoms with Crippen LogP contribution in [0.5, 0.6) is 0 Å². The van der Waals surface area contributed by atoms with Crippen molar-refractivity contribution < 1.29 is 38.7 Å². The Morgan fingerprint density at radius 2 is 0.815 bits per heavy atom. The minimum Gasteiger partial charge on any atom is -0.400 e. The van der Waals surface area contributed by atoms with E-state index in [1.54, 1.807) is 38.6 Å². The Morgan fingerprint density at radius 1 is 0.500 bits per heavy atom. The Bertz CT molecular complexity index is 2580. The van der Waals surface area contributed by atoms with Crippen molar-refractivity contribution >= 4 is 41.5 Å². The predicted molar refractivity (Wildman–Crippen MR) is 368 cm³/mol. The van der Waals surface area contributed by atoms with Gasteiger partial charge in [-0.3, -0.25) is 58.5 Å². The standard InChI is InChI=1S/C38H56N4O3.C31H43N3O3.C4H12N2.CH4O.CH2O/c1-6-7-8-9-10-11-12-13-14-19-25-42-34(32-20-15-17-23-39-32)37(29(2)43)27-31(22-26-41(4)5)28-38(30(3)44,36(37)45)35(42)33-21-16-18-24-40-33;1-4-5-6-7-8-9-10-11-12-17-22-34-29(25-18-13-15-20-32-25)27(23(2)35)31(37)28(24(3)36)30(34)26-19-14-16-21-33-26;1-6(2)4-3-5;2*1-2/h15-18,20-21,23-24,31,34-35H,6-14,19,22,25-28H2,1-5H3;13-16,18-21,27-30H,4-12,17,22H2,1-3H3;3-5H2,1-2H3;2H,1H3;1H2. The van der Waals surface area contributed by atoms with Crippen LogP contribution in [0.15, 0.2) is 97.6 Å². The molecule has 3 N–H and O–H groups in total. The van der Waals surface area contributed by atoms with Crippen molar-refractivity contribution in [1.29, 1.82) is 0 Å². The summed E-state index contributed by atoms with van der Waals surface area (Å²) in [6.45, 7) is 16.4. The van der Waals surface area contributed by atoms with E-state index in [0.29, 0.717) is 37.3 Å². The number of carbonyl (C=O) groups excluding carboxylic acids is 7. The summed E-state index contributed by atoms with van der Waals surface area (Å²) < 4.78 is 0. The first-order valence-corrected chi connectivity index (χ1v) is 34.4. The summed E-state index contributed by atoms with van der Waals surface area (Å²) in [5, 5.41) is 7.00. The number of likely N-dealkylation sites (tertiary alicyclic amines) is 2. The highest BCUT2D eigenvalue weighted by molar-refractivity contribution is 6.19. The molecule has 3 aliphatic rings. The van der Waals surface area contributed by atoms with E-state index < -0.39 is 46.8 Å². The summed E-state index contributed by atoms with van der Waals surface area (Å²) in [5.74, 6) is -3.11. The number of piperidine rings is 2. The highest BCUT2D eigenvalue weighted by Crippen LogP contribution is 2.65. The number of aliphatic hydroxyl groups is 1. The van der Waals surface area contributed by atoms with E-state index >= 15 is 4.79 Å². The zero-order valence-electron chi connectivity index (χ0n) is 58.2. The third-order valence-electron chi connectivity index (χ3n) is 18.7. The molecule has 92 heavy (non-hydrogen) atoms. The summed E-state index contributed by atoms with van der Waals surface area (Å²) in [6.07, 6.45) is 33.0. The number of nitrogens with zero attached hydrogens (tertiary/aromatic N) is 8. The Morgan fingerprint density at radius 3 is 1.09 bits per heavy atom. The lowest BCUT2D eigenvalue weighted by Gasteiger charge is -2.62. The normalized spacial score (nSPS) is 22.8. The Kier molecular flexibility index (Phi) is 38.3. The van der Waals surface area contributed by atoms with Crippen LogP contribution in [0.2, 0.25) is 0 Å². The molecule has 2 bridgehead atoms. The summed E-state index contributed by atoms with van der Waals surface area (Å²) in [7, 11) is 9.09. The van der Waals surface area contributed by atoms with Crippen LogP contribution in [0, 0.1) is 28.6 Å². The third-order valence-corrected chi connectivity index (χ3v) is 18.7. The van der Waals surface area contributed by atoms with Gasteiger partial charge in [-0.1, -0.05) is 154 Å². The lowest BCUT2D eigenvalue weighted by Crippen LogP contribution is -2.70. The molecule has 8 unspecified atom stereocenters. The molecule has 0 spiro atoms. The first kappa shape index (κ1) is 80.3. The van der Waals surface area contributed by atoms with E-state index in [4.69, 9.17) is 25.6 Å². The highest BCUT2D eigenvalue weighted by atomic mass is 16.2. The molecule has 7 rings (SSSR count). The van der Waals surface area contributed by atoms with E-state index in [-0.39, 0.29) is 40.6 Å². The Hall–Kier alpha value is -5.95. The fourth-order valence-electron chi connectivity index (χ4n) is 14.4. The fourth-order valence-corrected chi connectivity index (χ4v) is 14.4. The number of hydrogen-bond acceptors (Lipinski definition) is 17. The van der Waals surface area contributed by atoms with E-state index in [1.807, 2.05) is 108 Å². The van der Waals surface area contributed by atoms with Crippen LogP contribution in [0.25, 0.3) is 0 Å². The molecular formula is C75H117N9O8. The molecule has 4 aromatic rings. The molecule has 17 nitrogen and oxygen atoms in total. The molecular weight excluding hydrogens is 1150 g/mol. The molecule has 3 fully saturated rings. The van der Waals surface area contributed by atoms with Gasteiger partial charge in [0.15, 0.2) is 11.6 Å². The van der Waals surface area contributed by atoms with Crippen molar-refractivity contribution in [3.05, 3.63) is 120 Å². The maximum absolute atomic E-state index is 15.1. The van der Waals surface area contributed by atoms with Gasteiger partial charge in [-0.2, -0.15) is 0 Å². The molecule has 2 saturated heterocycles. The number of aliphatic hydroxyl groups excluding tert-OH is 1. The number of pyridine rings is 4. The predicted octanol–water partition coefficient (Wildman–Crippen LogP) is 13.0. The van der Waals surface area contributed by atoms with Crippen molar-refractivity contribution in [2.24, 2.45) is 34.3 Å². The number of rotatable bonds is 35. The smallest absolute Gasteiger partial charge is 0.163 e. The quantitative estimate of drug-likeness (QED) is 0.0322. The van der Waals surface area contributed by atoms with Crippen molar-refractivity contribution in [1.82, 2.24) is 39.5 Å². The zero-order chi connectivity index (χ0) is 68.1. The minimum absolute atomic E-state index is 0.0369. The monoisotopic (exact) mass is 1270 g/mol. The lowest BCUT2D eigenvalue weighted by molar-refractivity contribution is -0.187. The van der Waals surface area contributed by atoms with Crippen LogP contribution in [0.3, 0.4) is 0 Å². The lowest BCUT2D eigenvalue weighted by atomic mass is 9.46. The SMILES string of the molecule is C=O.CCCCCCCCCCCCN1C(c2ccccn2)C(C(C)=O)C(=O)C(C(C)=O)C1c1ccccn1.CCCCCCCCCCCCN1C(c2ccccn2)C2(C(C)=O)CC(CCN(C)C)CC(C(C)=O)(C2=O)C1c1ccccn1.CN(C)CCN.CO. The second kappa shape index (κ2) is 43.9. The number of nitrogens with two attached hydrogens (primary N) is 1. The summed E-state index contributed by atoms with van der Waals surface area (Å²) in [6, 6.07) is 20.5. The van der Waals surface area contributed by atoms with Gasteiger partial charge in [0, 0.05) is 45.0 Å². The van der Waals surface area contributed by atoms with Gasteiger partial charge in [0.25, 0.3) is 0 Å². The van der Waals surface area contributed by atoms with E-state index in [2.05, 4.69) is 43.4 Å². The average molecular weight is 1270 g/mol. The average Bonchev–Trinajstić information content (AvgIpc) is 0.682. The fraction of sp³-hybridized carbons (Fsp3) is 0.640. The van der Waals surface area contributed by atoms with Crippen LogP contribution in [-0.4, -0.2) is 154 Å². The number of Topliss-reactive ketones (excluding diaryl/α,β-unsaturated/α-hetero) is 6. The molecule has 1 aliphatic carbocycles. The molecule has 510 valence electrons. The highest BCUT2D eigenvalue weighted by Gasteiger charge is 2.72. The van der Waals surface area contributed by atoms with Gasteiger partial charge in [-0.15, -0.1) is 0 Å². The van der Waals surface area contributed by atoms with Crippen molar-refractivity contribution in [3.8, 4) is 0 Å². The van der Waals surface area contributed by atoms with E-state index in [0.717, 1.165) is 83.1 Å². The van der Waals surface area contributed by atoms with Crippen LogP contribution >= 0.6 is 0 Å². The summed E-state index contributed by atoms with van der Waals surface area (Å²) in [5.41, 5.74) is 5.31. The Balaban J connectivity index is 0.000000426. The first-order chi connectivity index (χ1) is 44.4. The van der Waals surface area contributed by atoms with Crippen molar-refractivity contribution in [2.75, 3.05) is 68.0 Å². The van der Waals surface area contributed by atoms with Gasteiger partial charge in [0.1, 0.15) is 40.8 Å². The number of ketones is 6. The number of aromatic nitrogens is 4. The molecule has 2 aliphatic heterocycles. The van der Waals surface area contributed by atoms with Crippen LogP contribution < -0.4 is 5.73 Å². The summed E-state index contributed by atoms with van der Waals surface area (Å²) >= 11 is 0. The number of fused-ring (bicyclic) bond motifs is 2. The van der Waals surface area contributed by atoms with E-state index in [9.17, 15) is 24.0 Å². The van der Waals surface area contributed by atoms with E-state index in [1.165, 1.54) is 104 Å². The van der Waals surface area contributed by atoms with Gasteiger partial charge in [-0.25, -0.2) is 0 Å². The first-order valence-electron chi connectivity index (χ1n) is 34.4. The molecule has 8 atom stereocenters. The van der Waals surface area contributed by atoms with Crippen LogP contribution in [0.4, 0.5) is 0 Å². The number of carbonyl (C=O) groups is 7. The summed E-state index contributed by atoms with van der Waals surface area (Å²) in [4.78, 5) is 118. The van der Waals surface area contributed by atoms with Gasteiger partial charge < -0.3 is 25.4 Å². The minimum atomic E-state index is -1.35. The zero-order valence-corrected chi connectivity index (χ0v) is 58.2. The number of hydrogen-bond donors (Lipinski definition) is 2. The van der Waals surface area contributed by atoms with Crippen molar-refractivity contribution in [3.63, 3.8) is 0 Å². The topological polar surface area (TPSA) is 230 Å². The molecule has 0 radical (unpaired) electrons. The molecule has 0 aromatic carbocycles. The molecule has 6 heterocycles. The second-order valence-electron chi connectivity index (χ2n) is 26.0. The third kappa shape index (κ3) is 22.6. The van der Waals surface area contributed by atoms with Crippen LogP contribution in [-0.2, 0) is 33.6 Å². The van der Waals surface area contributed by atoms with Crippen LogP contribution in [0.1, 0.15) is 236 Å². The number of unbranched alkanes of at least 4 members (excludes halogenated alkanes) is 18. The maximum Gasteiger partial charge on any atom is 0.163 e. The van der Waals surface area contributed by atoms with Gasteiger partial charge in [0.05, 0.1) is 58.8 Å². The molecule has 17 heteroatoms. The maximum atomic E-state index is 15.1. The molecule has 4 aromatic heterocycles. The molecule has 1 saturated carbocycles. The van der Waals surface area contributed by atoms with Gasteiger partial charge in [0.2, 0.25) is 0 Å².